The highest BCUT2D eigenvalue weighted by atomic mass is 16.2. The van der Waals surface area contributed by atoms with Crippen LogP contribution in [-0.2, 0) is 4.79 Å². The van der Waals surface area contributed by atoms with Crippen molar-refractivity contribution in [2.24, 2.45) is 10.2 Å². The van der Waals surface area contributed by atoms with Crippen LogP contribution in [0.5, 0.6) is 0 Å². The van der Waals surface area contributed by atoms with Crippen molar-refractivity contribution < 1.29 is 4.79 Å². The summed E-state index contributed by atoms with van der Waals surface area (Å²) in [7, 11) is 0. The monoisotopic (exact) mass is 274 g/mol. The summed E-state index contributed by atoms with van der Waals surface area (Å²) in [6, 6.07) is 0.809. The summed E-state index contributed by atoms with van der Waals surface area (Å²) >= 11 is 0. The van der Waals surface area contributed by atoms with E-state index in [1.54, 1.807) is 0 Å². The van der Waals surface area contributed by atoms with Crippen molar-refractivity contribution >= 4 is 5.91 Å². The van der Waals surface area contributed by atoms with Gasteiger partial charge in [-0.25, -0.2) is 0 Å². The molecule has 0 aromatic carbocycles. The predicted molar refractivity (Wildman–Crippen MR) is 76.1 cm³/mol. The molecule has 2 fully saturated rings. The number of terminal acetylenes is 1. The second kappa shape index (κ2) is 5.53. The van der Waals surface area contributed by atoms with Gasteiger partial charge >= 0.3 is 0 Å². The molecule has 2 heterocycles. The van der Waals surface area contributed by atoms with Gasteiger partial charge in [0.1, 0.15) is 0 Å². The highest BCUT2D eigenvalue weighted by Crippen LogP contribution is 2.37. The first-order valence-electron chi connectivity index (χ1n) is 7.62. The zero-order valence-electron chi connectivity index (χ0n) is 11.9. The molecule has 3 aliphatic rings. The topological polar surface area (TPSA) is 48.3 Å². The van der Waals surface area contributed by atoms with E-state index < -0.39 is 0 Å². The molecule has 20 heavy (non-hydrogen) atoms. The second-order valence-electron chi connectivity index (χ2n) is 6.03. The maximum absolute atomic E-state index is 12.2. The van der Waals surface area contributed by atoms with Gasteiger partial charge in [0, 0.05) is 57.9 Å². The fourth-order valence-corrected chi connectivity index (χ4v) is 2.91. The van der Waals surface area contributed by atoms with Gasteiger partial charge in [-0.05, 0) is 12.8 Å². The smallest absolute Gasteiger partial charge is 0.222 e. The molecule has 0 atom stereocenters. The second-order valence-corrected chi connectivity index (χ2v) is 6.03. The number of carbonyl (C=O) groups excluding carboxylic acids is 1. The Labute approximate surface area is 120 Å². The quantitative estimate of drug-likeness (QED) is 0.691. The maximum Gasteiger partial charge on any atom is 0.222 e. The van der Waals surface area contributed by atoms with Gasteiger partial charge in [-0.2, -0.15) is 10.2 Å². The Bertz CT molecular complexity index is 435. The molecule has 0 spiro atoms. The standard InChI is InChI=1S/C15H22N4O/c1-2-3-7-15(16-17-15)8-6-14(20)19-11-9-18(10-12-19)13-4-5-13/h1,13H,3-12H2. The molecule has 1 amide bonds. The van der Waals surface area contributed by atoms with E-state index in [1.807, 2.05) is 4.90 Å². The molecule has 1 aliphatic carbocycles. The molecular weight excluding hydrogens is 252 g/mol. The first kappa shape index (κ1) is 13.6. The molecule has 0 aromatic rings. The number of piperazine rings is 1. The van der Waals surface area contributed by atoms with Crippen molar-refractivity contribution in [1.29, 1.82) is 0 Å². The van der Waals surface area contributed by atoms with Gasteiger partial charge in [0.2, 0.25) is 5.91 Å². The molecule has 1 saturated heterocycles. The molecule has 3 rings (SSSR count). The van der Waals surface area contributed by atoms with Crippen molar-refractivity contribution in [1.82, 2.24) is 9.80 Å². The Hall–Kier alpha value is -1.41. The molecular formula is C15H22N4O. The van der Waals surface area contributed by atoms with Crippen LogP contribution in [0.2, 0.25) is 0 Å². The summed E-state index contributed by atoms with van der Waals surface area (Å²) in [5, 5.41) is 8.16. The maximum atomic E-state index is 12.2. The number of carbonyl (C=O) groups is 1. The minimum Gasteiger partial charge on any atom is -0.340 e. The molecule has 0 unspecified atom stereocenters. The lowest BCUT2D eigenvalue weighted by atomic mass is 10.0. The Morgan fingerprint density at radius 1 is 1.20 bits per heavy atom. The van der Waals surface area contributed by atoms with Crippen LogP contribution in [0.25, 0.3) is 0 Å². The lowest BCUT2D eigenvalue weighted by molar-refractivity contribution is -0.133. The van der Waals surface area contributed by atoms with E-state index in [0.29, 0.717) is 12.8 Å². The van der Waals surface area contributed by atoms with Gasteiger partial charge in [0.25, 0.3) is 0 Å². The summed E-state index contributed by atoms with van der Waals surface area (Å²) in [5.41, 5.74) is -0.322. The van der Waals surface area contributed by atoms with Crippen molar-refractivity contribution in [3.05, 3.63) is 0 Å². The lowest BCUT2D eigenvalue weighted by Crippen LogP contribution is -2.49. The van der Waals surface area contributed by atoms with Gasteiger partial charge in [0.05, 0.1) is 0 Å². The van der Waals surface area contributed by atoms with Crippen LogP contribution in [0.1, 0.15) is 38.5 Å². The predicted octanol–water partition coefficient (Wildman–Crippen LogP) is 1.65. The number of amides is 1. The van der Waals surface area contributed by atoms with E-state index in [9.17, 15) is 4.79 Å². The average molecular weight is 274 g/mol. The molecule has 108 valence electrons. The van der Waals surface area contributed by atoms with Crippen LogP contribution in [-0.4, -0.2) is 53.6 Å². The van der Waals surface area contributed by atoms with Gasteiger partial charge in [0.15, 0.2) is 5.66 Å². The first-order chi connectivity index (χ1) is 9.72. The zero-order chi connectivity index (χ0) is 14.0. The lowest BCUT2D eigenvalue weighted by Gasteiger charge is -2.35. The fraction of sp³-hybridized carbons (Fsp3) is 0.800. The molecule has 5 heteroatoms. The number of rotatable bonds is 6. The third-order valence-corrected chi connectivity index (χ3v) is 4.52. The van der Waals surface area contributed by atoms with E-state index in [4.69, 9.17) is 6.42 Å². The van der Waals surface area contributed by atoms with Crippen LogP contribution < -0.4 is 0 Å². The Morgan fingerprint density at radius 2 is 1.90 bits per heavy atom. The third-order valence-electron chi connectivity index (χ3n) is 4.52. The minimum absolute atomic E-state index is 0.248. The van der Waals surface area contributed by atoms with E-state index in [2.05, 4.69) is 21.0 Å². The number of nitrogens with zero attached hydrogens (tertiary/aromatic N) is 4. The Kier molecular flexibility index (Phi) is 3.75. The van der Waals surface area contributed by atoms with Crippen molar-refractivity contribution in [2.75, 3.05) is 26.2 Å². The Balaban J connectivity index is 1.38. The van der Waals surface area contributed by atoms with Crippen molar-refractivity contribution in [2.45, 2.75) is 50.2 Å². The fourth-order valence-electron chi connectivity index (χ4n) is 2.91. The minimum atomic E-state index is -0.322. The van der Waals surface area contributed by atoms with Gasteiger partial charge in [-0.1, -0.05) is 0 Å². The zero-order valence-corrected chi connectivity index (χ0v) is 11.9. The van der Waals surface area contributed by atoms with E-state index in [-0.39, 0.29) is 11.6 Å². The largest absolute Gasteiger partial charge is 0.340 e. The molecule has 5 nitrogen and oxygen atoms in total. The van der Waals surface area contributed by atoms with Gasteiger partial charge < -0.3 is 4.90 Å². The summed E-state index contributed by atoms with van der Waals surface area (Å²) in [6.45, 7) is 3.82. The summed E-state index contributed by atoms with van der Waals surface area (Å²) in [6.07, 6.45) is 10.7. The van der Waals surface area contributed by atoms with Crippen LogP contribution in [0.4, 0.5) is 0 Å². The van der Waals surface area contributed by atoms with Gasteiger partial charge in [-0.15, -0.1) is 12.3 Å². The van der Waals surface area contributed by atoms with Crippen molar-refractivity contribution in [3.63, 3.8) is 0 Å². The molecule has 0 N–H and O–H groups in total. The highest BCUT2D eigenvalue weighted by molar-refractivity contribution is 5.76. The molecule has 1 saturated carbocycles. The molecule has 0 bridgehead atoms. The number of hydrogen-bond acceptors (Lipinski definition) is 4. The first-order valence-corrected chi connectivity index (χ1v) is 7.62. The Morgan fingerprint density at radius 3 is 2.45 bits per heavy atom. The molecule has 0 radical (unpaired) electrons. The van der Waals surface area contributed by atoms with Crippen molar-refractivity contribution in [3.8, 4) is 12.3 Å². The number of hydrogen-bond donors (Lipinski definition) is 0. The van der Waals surface area contributed by atoms with E-state index in [1.165, 1.54) is 12.8 Å². The summed E-state index contributed by atoms with van der Waals surface area (Å²) in [5.74, 6) is 2.86. The van der Waals surface area contributed by atoms with Crippen LogP contribution in [0, 0.1) is 12.3 Å². The summed E-state index contributed by atoms with van der Waals surface area (Å²) in [4.78, 5) is 16.7. The van der Waals surface area contributed by atoms with Crippen LogP contribution in [0.15, 0.2) is 10.2 Å². The summed E-state index contributed by atoms with van der Waals surface area (Å²) < 4.78 is 0. The van der Waals surface area contributed by atoms with E-state index in [0.717, 1.165) is 45.1 Å². The molecule has 0 aromatic heterocycles. The molecule has 2 aliphatic heterocycles. The average Bonchev–Trinajstić information content (AvgIpc) is 3.38. The van der Waals surface area contributed by atoms with Gasteiger partial charge in [-0.3, -0.25) is 9.69 Å². The SMILES string of the molecule is C#CCCC1(CCC(=O)N2CCN(C3CC3)CC2)N=N1. The van der Waals surface area contributed by atoms with E-state index >= 15 is 0 Å². The highest BCUT2D eigenvalue weighted by Gasteiger charge is 2.40. The van der Waals surface area contributed by atoms with Crippen LogP contribution in [0.3, 0.4) is 0 Å². The third kappa shape index (κ3) is 3.18. The normalized spacial score (nSPS) is 24.4. The van der Waals surface area contributed by atoms with Crippen LogP contribution >= 0.6 is 0 Å².